The lowest BCUT2D eigenvalue weighted by molar-refractivity contribution is -0.124. The zero-order chi connectivity index (χ0) is 13.6. The molecule has 0 aliphatic heterocycles. The summed E-state index contributed by atoms with van der Waals surface area (Å²) in [6.45, 7) is 3.04. The van der Waals surface area contributed by atoms with E-state index in [1.165, 1.54) is 5.56 Å². The summed E-state index contributed by atoms with van der Waals surface area (Å²) in [4.78, 5) is 13.3. The molecule has 0 radical (unpaired) electrons. The number of hydrogen-bond donors (Lipinski definition) is 1. The van der Waals surface area contributed by atoms with Gasteiger partial charge in [0.2, 0.25) is 5.91 Å². The number of carbonyl (C=O) groups is 1. The van der Waals surface area contributed by atoms with Crippen LogP contribution in [-0.2, 0) is 11.3 Å². The molecule has 96 valence electrons. The first-order valence-electron chi connectivity index (χ1n) is 5.91. The highest BCUT2D eigenvalue weighted by molar-refractivity contribution is 5.83. The van der Waals surface area contributed by atoms with Crippen molar-refractivity contribution in [3.05, 3.63) is 35.9 Å². The lowest BCUT2D eigenvalue weighted by atomic mass is 9.87. The van der Waals surface area contributed by atoms with Crippen LogP contribution in [0.2, 0.25) is 0 Å². The Morgan fingerprint density at radius 1 is 1.44 bits per heavy atom. The fraction of sp³-hybridized carbons (Fsp3) is 0.429. The Labute approximate surface area is 108 Å². The number of nitrogens with zero attached hydrogens (tertiary/aromatic N) is 2. The molecule has 0 aliphatic carbocycles. The van der Waals surface area contributed by atoms with Crippen LogP contribution in [0.15, 0.2) is 30.3 Å². The number of hydrogen-bond acceptors (Lipinski definition) is 3. The van der Waals surface area contributed by atoms with E-state index < -0.39 is 11.3 Å². The van der Waals surface area contributed by atoms with E-state index in [2.05, 4.69) is 4.90 Å². The number of nitrogens with two attached hydrogens (primary N) is 1. The highest BCUT2D eigenvalue weighted by atomic mass is 16.1. The van der Waals surface area contributed by atoms with E-state index in [0.29, 0.717) is 13.0 Å². The molecule has 0 fully saturated rings. The molecule has 0 saturated heterocycles. The second-order valence-electron chi connectivity index (χ2n) is 4.78. The van der Waals surface area contributed by atoms with E-state index in [0.717, 1.165) is 6.54 Å². The molecular weight excluding hydrogens is 226 g/mol. The Balaban J connectivity index is 2.49. The molecule has 0 saturated carbocycles. The normalized spacial score (nSPS) is 13.9. The smallest absolute Gasteiger partial charge is 0.237 e. The fourth-order valence-electron chi connectivity index (χ4n) is 1.62. The number of nitriles is 1. The first-order chi connectivity index (χ1) is 8.48. The molecule has 1 aromatic carbocycles. The number of carbonyl (C=O) groups excluding carboxylic acids is 1. The van der Waals surface area contributed by atoms with Crippen molar-refractivity contribution in [3.8, 4) is 6.07 Å². The summed E-state index contributed by atoms with van der Waals surface area (Å²) in [7, 11) is 1.96. The zero-order valence-corrected chi connectivity index (χ0v) is 10.9. The SMILES string of the molecule is CN(CC[C@@](C)(C#N)C(N)=O)Cc1ccccc1. The van der Waals surface area contributed by atoms with Gasteiger partial charge in [-0.3, -0.25) is 4.79 Å². The van der Waals surface area contributed by atoms with Crippen molar-refractivity contribution in [1.82, 2.24) is 4.90 Å². The molecule has 0 spiro atoms. The summed E-state index contributed by atoms with van der Waals surface area (Å²) in [5.74, 6) is -0.557. The van der Waals surface area contributed by atoms with Gasteiger partial charge in [0.25, 0.3) is 0 Å². The van der Waals surface area contributed by atoms with Gasteiger partial charge in [-0.1, -0.05) is 30.3 Å². The van der Waals surface area contributed by atoms with Crippen molar-refractivity contribution in [3.63, 3.8) is 0 Å². The van der Waals surface area contributed by atoms with Crippen LogP contribution in [0.4, 0.5) is 0 Å². The maximum atomic E-state index is 11.2. The molecule has 1 amide bonds. The summed E-state index contributed by atoms with van der Waals surface area (Å²) in [6, 6.07) is 12.1. The molecule has 4 heteroatoms. The second-order valence-corrected chi connectivity index (χ2v) is 4.78. The molecule has 1 atom stereocenters. The first kappa shape index (κ1) is 14.2. The minimum atomic E-state index is -1.08. The molecule has 0 unspecified atom stereocenters. The van der Waals surface area contributed by atoms with E-state index in [4.69, 9.17) is 11.0 Å². The van der Waals surface area contributed by atoms with Crippen LogP contribution in [0.5, 0.6) is 0 Å². The molecule has 1 rings (SSSR count). The van der Waals surface area contributed by atoms with Gasteiger partial charge in [-0.05, 0) is 26.0 Å². The van der Waals surface area contributed by atoms with Crippen LogP contribution in [0.25, 0.3) is 0 Å². The van der Waals surface area contributed by atoms with Crippen LogP contribution in [-0.4, -0.2) is 24.4 Å². The highest BCUT2D eigenvalue weighted by Crippen LogP contribution is 2.20. The topological polar surface area (TPSA) is 70.1 Å². The molecule has 0 aliphatic rings. The minimum absolute atomic E-state index is 0.447. The number of amides is 1. The first-order valence-corrected chi connectivity index (χ1v) is 5.91. The van der Waals surface area contributed by atoms with Crippen molar-refractivity contribution in [2.75, 3.05) is 13.6 Å². The summed E-state index contributed by atoms with van der Waals surface area (Å²) >= 11 is 0. The third kappa shape index (κ3) is 3.86. The summed E-state index contributed by atoms with van der Waals surface area (Å²) in [6.07, 6.45) is 0.447. The van der Waals surface area contributed by atoms with Gasteiger partial charge in [0.1, 0.15) is 5.41 Å². The van der Waals surface area contributed by atoms with Gasteiger partial charge in [0.15, 0.2) is 0 Å². The molecular formula is C14H19N3O. The number of rotatable bonds is 6. The van der Waals surface area contributed by atoms with Gasteiger partial charge < -0.3 is 10.6 Å². The Bertz CT molecular complexity index is 438. The van der Waals surface area contributed by atoms with Gasteiger partial charge in [-0.25, -0.2) is 0 Å². The molecule has 18 heavy (non-hydrogen) atoms. The lowest BCUT2D eigenvalue weighted by Gasteiger charge is -2.22. The number of benzene rings is 1. The van der Waals surface area contributed by atoms with Crippen molar-refractivity contribution < 1.29 is 4.79 Å². The van der Waals surface area contributed by atoms with E-state index in [1.54, 1.807) is 6.92 Å². The van der Waals surface area contributed by atoms with Crippen LogP contribution < -0.4 is 5.73 Å². The quantitative estimate of drug-likeness (QED) is 0.826. The monoisotopic (exact) mass is 245 g/mol. The third-order valence-electron chi connectivity index (χ3n) is 3.08. The molecule has 0 heterocycles. The maximum absolute atomic E-state index is 11.2. The van der Waals surface area contributed by atoms with Crippen LogP contribution in [0.3, 0.4) is 0 Å². The van der Waals surface area contributed by atoms with E-state index in [-0.39, 0.29) is 0 Å². The van der Waals surface area contributed by atoms with Crippen molar-refractivity contribution >= 4 is 5.91 Å². The Morgan fingerprint density at radius 3 is 2.56 bits per heavy atom. The van der Waals surface area contributed by atoms with Gasteiger partial charge in [0.05, 0.1) is 6.07 Å². The second kappa shape index (κ2) is 6.18. The average molecular weight is 245 g/mol. The fourth-order valence-corrected chi connectivity index (χ4v) is 1.62. The molecule has 0 bridgehead atoms. The zero-order valence-electron chi connectivity index (χ0n) is 10.9. The van der Waals surface area contributed by atoms with Crippen molar-refractivity contribution in [1.29, 1.82) is 5.26 Å². The van der Waals surface area contributed by atoms with Crippen LogP contribution in [0.1, 0.15) is 18.9 Å². The third-order valence-corrected chi connectivity index (χ3v) is 3.08. The van der Waals surface area contributed by atoms with E-state index in [1.807, 2.05) is 43.4 Å². The predicted octanol–water partition coefficient (Wildman–Crippen LogP) is 1.52. The standard InChI is InChI=1S/C14H19N3O/c1-14(11-15,13(16)18)8-9-17(2)10-12-6-4-3-5-7-12/h3-7H,8-10H2,1-2H3,(H2,16,18)/t14-/m0/s1. The molecule has 4 nitrogen and oxygen atoms in total. The predicted molar refractivity (Wildman–Crippen MR) is 70.3 cm³/mol. The minimum Gasteiger partial charge on any atom is -0.368 e. The van der Waals surface area contributed by atoms with Crippen molar-refractivity contribution in [2.24, 2.45) is 11.1 Å². The van der Waals surface area contributed by atoms with Gasteiger partial charge in [0, 0.05) is 13.1 Å². The largest absolute Gasteiger partial charge is 0.368 e. The summed E-state index contributed by atoms with van der Waals surface area (Å²) in [5, 5.41) is 8.99. The van der Waals surface area contributed by atoms with E-state index in [9.17, 15) is 4.79 Å². The van der Waals surface area contributed by atoms with Gasteiger partial charge >= 0.3 is 0 Å². The average Bonchev–Trinajstić information content (AvgIpc) is 2.37. The van der Waals surface area contributed by atoms with Crippen molar-refractivity contribution in [2.45, 2.75) is 19.9 Å². The molecule has 0 aromatic heterocycles. The summed E-state index contributed by atoms with van der Waals surface area (Å²) < 4.78 is 0. The Kier molecular flexibility index (Phi) is 4.87. The summed E-state index contributed by atoms with van der Waals surface area (Å²) in [5.41, 5.74) is 5.37. The maximum Gasteiger partial charge on any atom is 0.237 e. The molecule has 1 aromatic rings. The lowest BCUT2D eigenvalue weighted by Crippen LogP contribution is -2.36. The van der Waals surface area contributed by atoms with Crippen LogP contribution in [0, 0.1) is 16.7 Å². The van der Waals surface area contributed by atoms with Crippen LogP contribution >= 0.6 is 0 Å². The highest BCUT2D eigenvalue weighted by Gasteiger charge is 2.30. The van der Waals surface area contributed by atoms with Gasteiger partial charge in [-0.15, -0.1) is 0 Å². The molecule has 2 N–H and O–H groups in total. The Hall–Kier alpha value is -1.86. The van der Waals surface area contributed by atoms with Gasteiger partial charge in [-0.2, -0.15) is 5.26 Å². The van der Waals surface area contributed by atoms with E-state index >= 15 is 0 Å². The number of primary amides is 1. The Morgan fingerprint density at radius 2 is 2.06 bits per heavy atom.